The lowest BCUT2D eigenvalue weighted by Gasteiger charge is -2.59. The molecule has 0 amide bonds. The average Bonchev–Trinajstić information content (AvgIpc) is 1.61. The first-order valence-corrected chi connectivity index (χ1v) is 32.8. The van der Waals surface area contributed by atoms with Gasteiger partial charge >= 0.3 is 0 Å². The van der Waals surface area contributed by atoms with E-state index in [1.54, 1.807) is 79.5 Å². The Kier molecular flexibility index (Phi) is 19.0. The van der Waals surface area contributed by atoms with Gasteiger partial charge < -0.3 is 113 Å². The molecule has 4 aliphatic heterocycles. The lowest BCUT2D eigenvalue weighted by molar-refractivity contribution is -0.347. The molecule has 0 radical (unpaired) electrons. The summed E-state index contributed by atoms with van der Waals surface area (Å²) >= 11 is 0. The number of fused-ring (bicyclic) bond motifs is 7. The molecular weight excluding hydrogens is 1270 g/mol. The molecule has 28 heteroatoms. The second kappa shape index (κ2) is 26.2. The van der Waals surface area contributed by atoms with Crippen molar-refractivity contribution in [3.05, 3.63) is 91.2 Å². The number of aliphatic hydroxyl groups excluding tert-OH is 4. The summed E-state index contributed by atoms with van der Waals surface area (Å²) in [6, 6.07) is -3.20. The number of methoxy groups -OCH3 is 3. The Balaban J connectivity index is 1.22. The number of Topliss-reactive ketones (excluding diaryl/α,β-unsaturated/α-hetero) is 1. The quantitative estimate of drug-likeness (QED) is 0.0760. The molecule has 0 aromatic heterocycles. The van der Waals surface area contributed by atoms with Crippen LogP contribution in [0, 0.1) is 11.8 Å². The number of aliphatic hydroxyl groups is 4. The summed E-state index contributed by atoms with van der Waals surface area (Å²) in [5.41, 5.74) is 0.994. The predicted molar refractivity (Wildman–Crippen MR) is 339 cm³/mol. The number of carbonyl (C=O) groups excluding carboxylic acids is 5. The van der Waals surface area contributed by atoms with E-state index in [0.717, 1.165) is 24.3 Å². The van der Waals surface area contributed by atoms with Gasteiger partial charge in [-0.15, -0.1) is 0 Å². The van der Waals surface area contributed by atoms with Crippen molar-refractivity contribution < 1.29 is 117 Å². The zero-order valence-electron chi connectivity index (χ0n) is 56.2. The van der Waals surface area contributed by atoms with Gasteiger partial charge in [0.2, 0.25) is 0 Å². The highest BCUT2D eigenvalue weighted by molar-refractivity contribution is 6.31. The van der Waals surface area contributed by atoms with Crippen LogP contribution in [0.25, 0.3) is 22.8 Å². The number of benzene rings is 2. The van der Waals surface area contributed by atoms with Crippen molar-refractivity contribution in [1.82, 2.24) is 9.80 Å². The van der Waals surface area contributed by atoms with Crippen LogP contribution in [-0.4, -0.2) is 251 Å². The van der Waals surface area contributed by atoms with Crippen molar-refractivity contribution in [2.24, 2.45) is 17.0 Å². The first-order chi connectivity index (χ1) is 46.0. The van der Waals surface area contributed by atoms with Crippen LogP contribution in [0.2, 0.25) is 0 Å². The molecule has 2 aromatic carbocycles. The third kappa shape index (κ3) is 10.8. The molecule has 97 heavy (non-hydrogen) atoms. The minimum atomic E-state index is -2.49. The number of ketones is 5. The van der Waals surface area contributed by atoms with Gasteiger partial charge in [-0.05, 0) is 105 Å². The molecule has 4 saturated heterocycles. The van der Waals surface area contributed by atoms with Crippen molar-refractivity contribution in [3.8, 4) is 23.0 Å². The highest BCUT2D eigenvalue weighted by atomic mass is 16.7. The van der Waals surface area contributed by atoms with E-state index in [-0.39, 0.29) is 54.4 Å². The molecule has 0 spiro atoms. The highest BCUT2D eigenvalue weighted by Crippen LogP contribution is 2.67. The number of phenols is 4. The molecule has 23 unspecified atom stereocenters. The summed E-state index contributed by atoms with van der Waals surface area (Å²) < 4.78 is 74.6. The van der Waals surface area contributed by atoms with E-state index >= 15 is 4.79 Å². The van der Waals surface area contributed by atoms with Crippen LogP contribution >= 0.6 is 0 Å². The van der Waals surface area contributed by atoms with Gasteiger partial charge in [0.15, 0.2) is 54.1 Å². The van der Waals surface area contributed by atoms with Crippen LogP contribution < -0.4 is 0 Å². The number of ether oxygens (including phenoxy) is 11. The van der Waals surface area contributed by atoms with Gasteiger partial charge in [-0.1, -0.05) is 13.8 Å². The predicted octanol–water partition coefficient (Wildman–Crippen LogP) is 5.03. The van der Waals surface area contributed by atoms with Gasteiger partial charge in [0.05, 0.1) is 101 Å². The molecule has 6 aliphatic carbocycles. The molecule has 2 aromatic rings. The topological polar surface area (TPSA) is 390 Å². The molecule has 0 saturated carbocycles. The van der Waals surface area contributed by atoms with E-state index in [1.165, 1.54) is 27.4 Å². The number of carbonyl (C=O) groups is 5. The van der Waals surface area contributed by atoms with Crippen LogP contribution in [0.3, 0.4) is 0 Å². The maximum Gasteiger partial charge on any atom is 0.190 e. The van der Waals surface area contributed by atoms with Gasteiger partial charge in [0.25, 0.3) is 0 Å². The largest absolute Gasteiger partial charge is 0.711 e. The van der Waals surface area contributed by atoms with E-state index in [4.69, 9.17) is 52.1 Å². The second-order valence-electron chi connectivity index (χ2n) is 27.3. The second-order valence-corrected chi connectivity index (χ2v) is 27.3. The van der Waals surface area contributed by atoms with Crippen LogP contribution in [0.15, 0.2) is 46.3 Å². The molecule has 8 N–H and O–H groups in total. The van der Waals surface area contributed by atoms with Crippen molar-refractivity contribution in [1.29, 1.82) is 0 Å². The summed E-state index contributed by atoms with van der Waals surface area (Å²) in [5, 5.41) is 105. The monoisotopic (exact) mass is 1350 g/mol. The fraction of sp³-hybridized carbons (Fsp3) is 0.609. The number of rotatable bonds is 17. The van der Waals surface area contributed by atoms with Gasteiger partial charge in [-0.2, -0.15) is 0 Å². The van der Waals surface area contributed by atoms with E-state index < -0.39 is 248 Å². The number of hydrogen-bond acceptors (Lipinski definition) is 27. The first-order valence-electron chi connectivity index (χ1n) is 32.8. The Morgan fingerprint density at radius 2 is 1.00 bits per heavy atom. The Hall–Kier alpha value is -6.55. The zero-order chi connectivity index (χ0) is 70.2. The Bertz CT molecular complexity index is 3740. The van der Waals surface area contributed by atoms with E-state index in [9.17, 15) is 65.6 Å². The molecule has 0 bridgehead atoms. The van der Waals surface area contributed by atoms with Crippen LogP contribution in [0.4, 0.5) is 0 Å². The van der Waals surface area contributed by atoms with E-state index in [2.05, 4.69) is 5.11 Å². The van der Waals surface area contributed by atoms with Crippen LogP contribution in [0.5, 0.6) is 23.0 Å². The minimum absolute atomic E-state index is 0.0964. The molecule has 28 nitrogen and oxygen atoms in total. The third-order valence-electron chi connectivity index (χ3n) is 21.8. The maximum absolute atomic E-state index is 17.9. The van der Waals surface area contributed by atoms with Gasteiger partial charge in [-0.3, -0.25) is 24.0 Å². The lowest BCUT2D eigenvalue weighted by Crippen LogP contribution is -2.70. The molecular formula is C69H85N4O24-. The fourth-order valence-corrected chi connectivity index (χ4v) is 17.6. The molecule has 526 valence electrons. The van der Waals surface area contributed by atoms with Crippen LogP contribution in [-0.2, 0) is 56.9 Å². The average molecular weight is 1350 g/mol. The maximum atomic E-state index is 17.9. The summed E-state index contributed by atoms with van der Waals surface area (Å²) in [5.74, 6) is -13.5. The number of hydrogen-bond donors (Lipinski definition) is 8. The standard InChI is InChI=1S/C69H85N4O24/c1-14-68(96-41-23-37(87-11)58(80)27(5)92-41)53(63(85)44-30(66(68)94-39-21-35(78)56(72(7)8)25(3)90-39)20-29-43(44)60(82)46-32(75)17-16-31(74)45(46)59(29)81)54-64(86)50-49-51(62(84)48-34(77)19-18-33(76)47(48)61(49)83)55(71-70)52(50)67(95-40-22-36(79)57(73(9)10)26(4)91-40)69(54,15-2)97-42-24-38(88-12)65(89-13)28(6)93-42/h16-20,25-28,35-42,53-58,65-67,78-85H,14-15,21-24H2,1-13H3/q-1. The zero-order valence-corrected chi connectivity index (χ0v) is 56.2. The summed E-state index contributed by atoms with van der Waals surface area (Å²) in [6.07, 6.45) is -16.0. The lowest BCUT2D eigenvalue weighted by atomic mass is 9.55. The van der Waals surface area contributed by atoms with Gasteiger partial charge in [-0.25, -0.2) is 0 Å². The summed E-state index contributed by atoms with van der Waals surface area (Å²) in [4.78, 5) is 77.6. The number of nitrogens with zero attached hydrogens (tertiary/aromatic N) is 4. The Morgan fingerprint density at radius 3 is 1.47 bits per heavy atom. The first kappa shape index (κ1) is 70.3. The van der Waals surface area contributed by atoms with Crippen molar-refractivity contribution in [2.45, 2.75) is 208 Å². The number of likely N-dealkylation sites (N-methyl/N-ethyl adjacent to an activating group) is 2. The van der Waals surface area contributed by atoms with E-state index in [1.807, 2.05) is 0 Å². The van der Waals surface area contributed by atoms with Gasteiger partial charge in [0, 0.05) is 86.0 Å². The van der Waals surface area contributed by atoms with Gasteiger partial charge in [0.1, 0.15) is 64.4 Å². The molecule has 10 aliphatic rings. The number of aromatic hydroxyl groups is 4. The normalized spacial score (nSPS) is 38.6. The molecule has 4 heterocycles. The van der Waals surface area contributed by atoms with E-state index in [0.29, 0.717) is 0 Å². The smallest absolute Gasteiger partial charge is 0.190 e. The summed E-state index contributed by atoms with van der Waals surface area (Å²) in [6.45, 7) is 9.93. The van der Waals surface area contributed by atoms with Crippen molar-refractivity contribution >= 4 is 46.1 Å². The number of allylic oxidation sites excluding steroid dienone is 5. The van der Waals surface area contributed by atoms with Crippen molar-refractivity contribution in [3.63, 3.8) is 0 Å². The Morgan fingerprint density at radius 1 is 0.546 bits per heavy atom. The summed E-state index contributed by atoms with van der Waals surface area (Å²) in [7, 11) is 11.3. The fourth-order valence-electron chi connectivity index (χ4n) is 17.6. The number of phenolic OH excluding ortho intramolecular Hbond substituents is 4. The molecule has 12 rings (SSSR count). The highest BCUT2D eigenvalue weighted by Gasteiger charge is 2.71. The third-order valence-corrected chi connectivity index (χ3v) is 21.8. The Labute approximate surface area is 559 Å². The minimum Gasteiger partial charge on any atom is -0.711 e. The SMILES string of the molecule is CCC1(OC2CC(OC)C(OC)C(C)O2)C(OC2CC(O)C(N(C)C)C(C)O2)C2=C(C(=O)C1C1C(O)=C3C(=Cc4c(O)c5c(c(O)c43)C(=O)C=CC5=O)C(OC3CC(O)C(N(C)C)C(C)O3)C1(CC)OC1CC(OC)C(O)C(C)O1)c1c(O)c3c(c(O)c1C2N=[N-])C(=O)C=CC3=O. The van der Waals surface area contributed by atoms with Crippen molar-refractivity contribution in [2.75, 3.05) is 49.5 Å². The molecule has 23 atom stereocenters. The van der Waals surface area contributed by atoms with Crippen LogP contribution in [0.1, 0.15) is 150 Å². The molecule has 4 fully saturated rings.